The summed E-state index contributed by atoms with van der Waals surface area (Å²) in [5.74, 6) is 2.04. The maximum atomic E-state index is 12.7. The molecule has 0 atom stereocenters. The van der Waals surface area contributed by atoms with E-state index in [4.69, 9.17) is 9.26 Å². The molecule has 0 bridgehead atoms. The van der Waals surface area contributed by atoms with Gasteiger partial charge in [0, 0.05) is 38.9 Å². The van der Waals surface area contributed by atoms with E-state index in [9.17, 15) is 4.79 Å². The van der Waals surface area contributed by atoms with Crippen molar-refractivity contribution in [2.24, 2.45) is 0 Å². The monoisotopic (exact) mass is 429 g/mol. The third-order valence-corrected chi connectivity index (χ3v) is 5.42. The number of carbonyl (C=O) groups excluding carboxylic acids is 1. The number of ether oxygens (including phenoxy) is 1. The number of benzene rings is 2. The Morgan fingerprint density at radius 2 is 1.78 bits per heavy atom. The normalized spacial score (nSPS) is 14.4. The molecule has 1 aliphatic heterocycles. The maximum absolute atomic E-state index is 12.7. The topological polar surface area (TPSA) is 83.7 Å². The molecule has 0 saturated carbocycles. The summed E-state index contributed by atoms with van der Waals surface area (Å²) in [5, 5.41) is 7.45. The molecule has 0 aliphatic carbocycles. The van der Waals surface area contributed by atoms with E-state index in [-0.39, 0.29) is 6.03 Å². The molecule has 8 nitrogen and oxygen atoms in total. The summed E-state index contributed by atoms with van der Waals surface area (Å²) in [6.45, 7) is 3.66. The zero-order chi connectivity index (χ0) is 21.8. The second-order valence-corrected chi connectivity index (χ2v) is 7.64. The maximum Gasteiger partial charge on any atom is 0.323 e. The fraction of sp³-hybridized carbons (Fsp3) is 0.208. The van der Waals surface area contributed by atoms with Crippen LogP contribution in [0.4, 0.5) is 10.6 Å². The molecule has 1 fully saturated rings. The summed E-state index contributed by atoms with van der Waals surface area (Å²) < 4.78 is 11.1. The summed E-state index contributed by atoms with van der Waals surface area (Å²) in [7, 11) is 0. The summed E-state index contributed by atoms with van der Waals surface area (Å²) in [6, 6.07) is 21.3. The van der Waals surface area contributed by atoms with Gasteiger partial charge in [0.1, 0.15) is 11.5 Å². The van der Waals surface area contributed by atoms with Crippen molar-refractivity contribution in [2.75, 3.05) is 31.5 Å². The molecule has 2 aromatic carbocycles. The van der Waals surface area contributed by atoms with Gasteiger partial charge in [-0.25, -0.2) is 9.78 Å². The second-order valence-electron chi connectivity index (χ2n) is 7.64. The summed E-state index contributed by atoms with van der Waals surface area (Å²) in [6.07, 6.45) is 1.63. The highest BCUT2D eigenvalue weighted by Crippen LogP contribution is 2.23. The zero-order valence-electron chi connectivity index (χ0n) is 17.5. The van der Waals surface area contributed by atoms with Crippen LogP contribution in [0.1, 0.15) is 5.56 Å². The smallest absolute Gasteiger partial charge is 0.323 e. The first-order valence-corrected chi connectivity index (χ1v) is 10.6. The van der Waals surface area contributed by atoms with Gasteiger partial charge in [0.05, 0.1) is 5.39 Å². The van der Waals surface area contributed by atoms with Crippen molar-refractivity contribution in [2.45, 2.75) is 6.54 Å². The Labute approximate surface area is 185 Å². The number of hydrogen-bond donors (Lipinski definition) is 1. The Morgan fingerprint density at radius 3 is 2.62 bits per heavy atom. The third kappa shape index (κ3) is 4.55. The molecule has 4 aromatic rings. The van der Waals surface area contributed by atoms with Gasteiger partial charge >= 0.3 is 6.03 Å². The SMILES string of the molecule is O=C(Nc1noc2ncccc12)N1CCN(Cc2cccc(Oc3ccccc3)c2)CC1. The van der Waals surface area contributed by atoms with Crippen LogP contribution in [0.5, 0.6) is 11.5 Å². The van der Waals surface area contributed by atoms with Gasteiger partial charge in [0.25, 0.3) is 5.71 Å². The number of aromatic nitrogens is 2. The molecule has 1 aliphatic rings. The first-order chi connectivity index (χ1) is 15.7. The van der Waals surface area contributed by atoms with Crippen molar-refractivity contribution in [1.82, 2.24) is 19.9 Å². The van der Waals surface area contributed by atoms with Crippen LogP contribution in [0, 0.1) is 0 Å². The molecule has 8 heteroatoms. The number of carbonyl (C=O) groups is 1. The van der Waals surface area contributed by atoms with E-state index in [0.29, 0.717) is 30.0 Å². The van der Waals surface area contributed by atoms with E-state index >= 15 is 0 Å². The lowest BCUT2D eigenvalue weighted by Gasteiger charge is -2.34. The minimum Gasteiger partial charge on any atom is -0.457 e. The molecule has 32 heavy (non-hydrogen) atoms. The highest BCUT2D eigenvalue weighted by molar-refractivity contribution is 5.97. The number of amides is 2. The lowest BCUT2D eigenvalue weighted by molar-refractivity contribution is 0.143. The number of rotatable bonds is 5. The first-order valence-electron chi connectivity index (χ1n) is 10.6. The van der Waals surface area contributed by atoms with E-state index in [1.807, 2.05) is 48.5 Å². The van der Waals surface area contributed by atoms with E-state index < -0.39 is 0 Å². The van der Waals surface area contributed by atoms with Gasteiger partial charge < -0.3 is 14.2 Å². The van der Waals surface area contributed by atoms with Gasteiger partial charge in [-0.3, -0.25) is 10.2 Å². The molecule has 0 spiro atoms. The minimum absolute atomic E-state index is 0.179. The zero-order valence-corrected chi connectivity index (χ0v) is 17.5. The molecule has 1 saturated heterocycles. The lowest BCUT2D eigenvalue weighted by atomic mass is 10.2. The van der Waals surface area contributed by atoms with Gasteiger partial charge in [-0.2, -0.15) is 0 Å². The summed E-state index contributed by atoms with van der Waals surface area (Å²) in [4.78, 5) is 20.9. The molecule has 162 valence electrons. The molecular formula is C24H23N5O3. The van der Waals surface area contributed by atoms with Crippen LogP contribution in [0.25, 0.3) is 11.1 Å². The largest absolute Gasteiger partial charge is 0.457 e. The predicted molar refractivity (Wildman–Crippen MR) is 121 cm³/mol. The van der Waals surface area contributed by atoms with Gasteiger partial charge in [0.2, 0.25) is 0 Å². The van der Waals surface area contributed by atoms with Crippen molar-refractivity contribution in [3.8, 4) is 11.5 Å². The van der Waals surface area contributed by atoms with Crippen LogP contribution in [-0.2, 0) is 6.54 Å². The molecule has 3 heterocycles. The van der Waals surface area contributed by atoms with Gasteiger partial charge in [-0.15, -0.1) is 0 Å². The highest BCUT2D eigenvalue weighted by Gasteiger charge is 2.23. The Bertz CT molecular complexity index is 1200. The van der Waals surface area contributed by atoms with Gasteiger partial charge in [0.15, 0.2) is 5.82 Å². The van der Waals surface area contributed by atoms with Crippen LogP contribution in [0.2, 0.25) is 0 Å². The Hall–Kier alpha value is -3.91. The Kier molecular flexibility index (Phi) is 5.67. The van der Waals surface area contributed by atoms with E-state index in [1.165, 1.54) is 5.56 Å². The number of urea groups is 1. The van der Waals surface area contributed by atoms with Gasteiger partial charge in [-0.05, 0) is 42.0 Å². The van der Waals surface area contributed by atoms with Crippen molar-refractivity contribution < 1.29 is 14.1 Å². The minimum atomic E-state index is -0.179. The Morgan fingerprint density at radius 1 is 0.969 bits per heavy atom. The van der Waals surface area contributed by atoms with Crippen LogP contribution in [0.3, 0.4) is 0 Å². The van der Waals surface area contributed by atoms with Crippen molar-refractivity contribution in [1.29, 1.82) is 0 Å². The lowest BCUT2D eigenvalue weighted by Crippen LogP contribution is -2.49. The number of pyridine rings is 1. The predicted octanol–water partition coefficient (Wildman–Crippen LogP) is 4.36. The summed E-state index contributed by atoms with van der Waals surface area (Å²) in [5.41, 5.74) is 1.59. The van der Waals surface area contributed by atoms with Gasteiger partial charge in [-0.1, -0.05) is 35.5 Å². The van der Waals surface area contributed by atoms with Crippen molar-refractivity contribution in [3.63, 3.8) is 0 Å². The molecule has 0 unspecified atom stereocenters. The fourth-order valence-corrected chi connectivity index (χ4v) is 3.75. The molecule has 1 N–H and O–H groups in total. The second kappa shape index (κ2) is 9.07. The number of hydrogen-bond acceptors (Lipinski definition) is 6. The standard InChI is InChI=1S/C24H23N5O3/c30-24(26-22-21-10-5-11-25-23(21)32-27-22)29-14-12-28(13-15-29)17-18-6-4-9-20(16-18)31-19-7-2-1-3-8-19/h1-11,16H,12-15,17H2,(H,26,27,30). The molecule has 2 aromatic heterocycles. The van der Waals surface area contributed by atoms with Crippen LogP contribution in [-0.4, -0.2) is 52.2 Å². The first kappa shape index (κ1) is 20.0. The van der Waals surface area contributed by atoms with E-state index in [0.717, 1.165) is 31.1 Å². The van der Waals surface area contributed by atoms with Crippen LogP contribution in [0.15, 0.2) is 77.4 Å². The molecule has 0 radical (unpaired) electrons. The number of piperazine rings is 1. The number of fused-ring (bicyclic) bond motifs is 1. The quantitative estimate of drug-likeness (QED) is 0.507. The molecule has 5 rings (SSSR count). The van der Waals surface area contributed by atoms with Crippen LogP contribution < -0.4 is 10.1 Å². The number of anilines is 1. The number of nitrogens with zero attached hydrogens (tertiary/aromatic N) is 4. The molecule has 2 amide bonds. The average molecular weight is 429 g/mol. The van der Waals surface area contributed by atoms with E-state index in [1.54, 1.807) is 17.2 Å². The van der Waals surface area contributed by atoms with Crippen LogP contribution >= 0.6 is 0 Å². The van der Waals surface area contributed by atoms with Crippen molar-refractivity contribution in [3.05, 3.63) is 78.5 Å². The number of para-hydroxylation sites is 1. The summed E-state index contributed by atoms with van der Waals surface area (Å²) >= 11 is 0. The fourth-order valence-electron chi connectivity index (χ4n) is 3.75. The number of nitrogens with one attached hydrogen (secondary N) is 1. The highest BCUT2D eigenvalue weighted by atomic mass is 16.5. The average Bonchev–Trinajstić information content (AvgIpc) is 3.23. The molecular weight excluding hydrogens is 406 g/mol. The Balaban J connectivity index is 1.15. The van der Waals surface area contributed by atoms with Crippen molar-refractivity contribution >= 4 is 22.9 Å². The van der Waals surface area contributed by atoms with E-state index in [2.05, 4.69) is 32.5 Å². The third-order valence-electron chi connectivity index (χ3n) is 5.42.